The molecule has 0 aliphatic rings. The molecular weight excluding hydrogens is 351 g/mol. The molecule has 1 aromatic carbocycles. The van der Waals surface area contributed by atoms with E-state index in [2.05, 4.69) is 28.2 Å². The molecule has 1 rings (SSSR count). The molecule has 0 amide bonds. The normalized spacial score (nSPS) is 13.4. The number of benzene rings is 1. The van der Waals surface area contributed by atoms with Crippen molar-refractivity contribution in [2.45, 2.75) is 31.2 Å². The molecule has 0 radical (unpaired) electrons. The quantitative estimate of drug-likeness (QED) is 0.633. The van der Waals surface area contributed by atoms with Crippen molar-refractivity contribution in [1.29, 1.82) is 0 Å². The van der Waals surface area contributed by atoms with E-state index in [-0.39, 0.29) is 23.4 Å². The van der Waals surface area contributed by atoms with Crippen LogP contribution in [0.3, 0.4) is 0 Å². The summed E-state index contributed by atoms with van der Waals surface area (Å²) < 4.78 is 37.6. The Kier molecular flexibility index (Phi) is 7.99. The molecular formula is C14H19BrF3NS. The second-order valence-electron chi connectivity index (χ2n) is 4.54. The number of halogens is 4. The molecule has 0 aromatic heterocycles. The first kappa shape index (κ1) is 17.9. The second-order valence-corrected chi connectivity index (χ2v) is 6.61. The van der Waals surface area contributed by atoms with Crippen LogP contribution in [-0.4, -0.2) is 24.4 Å². The van der Waals surface area contributed by atoms with Gasteiger partial charge in [0.05, 0.1) is 0 Å². The van der Waals surface area contributed by atoms with Crippen LogP contribution in [0.15, 0.2) is 28.7 Å². The van der Waals surface area contributed by atoms with E-state index in [1.54, 1.807) is 0 Å². The molecule has 0 fully saturated rings. The number of hydrogen-bond acceptors (Lipinski definition) is 2. The van der Waals surface area contributed by atoms with Crippen molar-refractivity contribution >= 4 is 27.7 Å². The van der Waals surface area contributed by atoms with Crippen LogP contribution >= 0.6 is 27.7 Å². The Morgan fingerprint density at radius 3 is 2.45 bits per heavy atom. The van der Waals surface area contributed by atoms with Crippen LogP contribution in [0.5, 0.6) is 0 Å². The molecule has 1 N–H and O–H groups in total. The largest absolute Gasteiger partial charge is 0.441 e. The van der Waals surface area contributed by atoms with Crippen LogP contribution in [-0.2, 0) is 0 Å². The molecule has 20 heavy (non-hydrogen) atoms. The van der Waals surface area contributed by atoms with E-state index in [0.717, 1.165) is 23.0 Å². The van der Waals surface area contributed by atoms with Gasteiger partial charge in [0.25, 0.3) is 0 Å². The van der Waals surface area contributed by atoms with Gasteiger partial charge in [0.1, 0.15) is 0 Å². The van der Waals surface area contributed by atoms with Gasteiger partial charge in [-0.1, -0.05) is 46.7 Å². The van der Waals surface area contributed by atoms with Crippen molar-refractivity contribution in [3.63, 3.8) is 0 Å². The van der Waals surface area contributed by atoms with Crippen molar-refractivity contribution < 1.29 is 13.2 Å². The van der Waals surface area contributed by atoms with Gasteiger partial charge in [-0.15, -0.1) is 0 Å². The van der Waals surface area contributed by atoms with E-state index in [0.29, 0.717) is 13.0 Å². The number of rotatable bonds is 8. The van der Waals surface area contributed by atoms with Gasteiger partial charge >= 0.3 is 5.51 Å². The lowest BCUT2D eigenvalue weighted by atomic mass is 9.96. The fourth-order valence-electron chi connectivity index (χ4n) is 1.89. The van der Waals surface area contributed by atoms with E-state index in [1.165, 1.54) is 0 Å². The maximum absolute atomic E-state index is 12.2. The van der Waals surface area contributed by atoms with Crippen LogP contribution in [0.25, 0.3) is 0 Å². The predicted octanol–water partition coefficient (Wildman–Crippen LogP) is 5.18. The summed E-state index contributed by atoms with van der Waals surface area (Å²) in [6.07, 6.45) is 1.53. The number of nitrogens with one attached hydrogen (secondary N) is 1. The van der Waals surface area contributed by atoms with E-state index in [9.17, 15) is 13.2 Å². The lowest BCUT2D eigenvalue weighted by Gasteiger charge is -2.18. The molecule has 0 saturated carbocycles. The van der Waals surface area contributed by atoms with Gasteiger partial charge in [0.2, 0.25) is 0 Å². The summed E-state index contributed by atoms with van der Waals surface area (Å²) in [5, 5.41) is 3.29. The Hall–Kier alpha value is -0.200. The zero-order chi connectivity index (χ0) is 15.0. The van der Waals surface area contributed by atoms with Gasteiger partial charge in [-0.05, 0) is 43.0 Å². The van der Waals surface area contributed by atoms with Gasteiger partial charge in [0, 0.05) is 16.8 Å². The fraction of sp³-hybridized carbons (Fsp3) is 0.571. The van der Waals surface area contributed by atoms with Crippen molar-refractivity contribution in [2.24, 2.45) is 0 Å². The fourth-order valence-corrected chi connectivity index (χ4v) is 2.79. The molecule has 6 heteroatoms. The molecule has 114 valence electrons. The summed E-state index contributed by atoms with van der Waals surface area (Å²) in [7, 11) is 0. The average molecular weight is 370 g/mol. The zero-order valence-corrected chi connectivity index (χ0v) is 13.7. The zero-order valence-electron chi connectivity index (χ0n) is 11.3. The number of thioether (sulfide) groups is 1. The summed E-state index contributed by atoms with van der Waals surface area (Å²) >= 11 is 3.43. The van der Waals surface area contributed by atoms with Crippen molar-refractivity contribution in [2.75, 3.05) is 18.8 Å². The lowest BCUT2D eigenvalue weighted by Crippen LogP contribution is -2.23. The summed E-state index contributed by atoms with van der Waals surface area (Å²) in [6, 6.07) is 7.80. The van der Waals surface area contributed by atoms with Crippen molar-refractivity contribution in [3.8, 4) is 0 Å². The Morgan fingerprint density at radius 1 is 1.25 bits per heavy atom. The topological polar surface area (TPSA) is 12.0 Å². The first-order valence-corrected chi connectivity index (χ1v) is 8.37. The van der Waals surface area contributed by atoms with E-state index >= 15 is 0 Å². The molecule has 0 aliphatic heterocycles. The molecule has 1 aromatic rings. The van der Waals surface area contributed by atoms with Crippen LogP contribution in [0, 0.1) is 0 Å². The predicted molar refractivity (Wildman–Crippen MR) is 83.2 cm³/mol. The highest BCUT2D eigenvalue weighted by Gasteiger charge is 2.28. The first-order valence-electron chi connectivity index (χ1n) is 6.59. The van der Waals surface area contributed by atoms with Crippen molar-refractivity contribution in [3.05, 3.63) is 34.3 Å². The molecule has 1 atom stereocenters. The highest BCUT2D eigenvalue weighted by Crippen LogP contribution is 2.33. The molecule has 0 aliphatic carbocycles. The van der Waals surface area contributed by atoms with E-state index < -0.39 is 5.51 Å². The molecule has 1 nitrogen and oxygen atoms in total. The Morgan fingerprint density at radius 2 is 1.90 bits per heavy atom. The smallest absolute Gasteiger partial charge is 0.316 e. The van der Waals surface area contributed by atoms with Crippen molar-refractivity contribution in [1.82, 2.24) is 5.32 Å². The highest BCUT2D eigenvalue weighted by molar-refractivity contribution is 9.10. The summed E-state index contributed by atoms with van der Waals surface area (Å²) in [4.78, 5) is 0. The third kappa shape index (κ3) is 7.55. The molecule has 0 heterocycles. The minimum absolute atomic E-state index is 0.0619. The Bertz CT molecular complexity index is 381. The molecule has 0 spiro atoms. The first-order chi connectivity index (χ1) is 9.42. The SMILES string of the molecule is CCCNCC(CCSC(F)(F)F)c1ccc(Br)cc1. The third-order valence-corrected chi connectivity index (χ3v) is 4.19. The summed E-state index contributed by atoms with van der Waals surface area (Å²) in [5.74, 6) is 0.211. The van der Waals surface area contributed by atoms with Crippen LogP contribution in [0.1, 0.15) is 31.2 Å². The van der Waals surface area contributed by atoms with Gasteiger partial charge in [-0.2, -0.15) is 13.2 Å². The minimum atomic E-state index is -4.14. The monoisotopic (exact) mass is 369 g/mol. The minimum Gasteiger partial charge on any atom is -0.316 e. The van der Waals surface area contributed by atoms with Crippen LogP contribution in [0.4, 0.5) is 13.2 Å². The maximum Gasteiger partial charge on any atom is 0.441 e. The average Bonchev–Trinajstić information content (AvgIpc) is 2.37. The standard InChI is InChI=1S/C14H19BrF3NS/c1-2-8-19-10-12(7-9-20-14(16,17)18)11-3-5-13(15)6-4-11/h3-6,12,19H,2,7-10H2,1H3. The Balaban J connectivity index is 2.57. The Labute approximate surface area is 130 Å². The second kappa shape index (κ2) is 8.95. The van der Waals surface area contributed by atoms with Gasteiger partial charge in [0.15, 0.2) is 0 Å². The lowest BCUT2D eigenvalue weighted by molar-refractivity contribution is -0.0328. The molecule has 0 bridgehead atoms. The van der Waals surface area contributed by atoms with Gasteiger partial charge in [-0.3, -0.25) is 0 Å². The number of alkyl halides is 3. The molecule has 0 saturated heterocycles. The summed E-state index contributed by atoms with van der Waals surface area (Å²) in [5.41, 5.74) is -3.05. The van der Waals surface area contributed by atoms with Crippen LogP contribution in [0.2, 0.25) is 0 Å². The molecule has 1 unspecified atom stereocenters. The van der Waals surface area contributed by atoms with Gasteiger partial charge in [-0.25, -0.2) is 0 Å². The van der Waals surface area contributed by atoms with E-state index in [4.69, 9.17) is 0 Å². The van der Waals surface area contributed by atoms with Gasteiger partial charge < -0.3 is 5.32 Å². The van der Waals surface area contributed by atoms with E-state index in [1.807, 2.05) is 24.3 Å². The highest BCUT2D eigenvalue weighted by atomic mass is 79.9. The third-order valence-electron chi connectivity index (χ3n) is 2.89. The maximum atomic E-state index is 12.2. The summed E-state index contributed by atoms with van der Waals surface area (Å²) in [6.45, 7) is 3.68. The number of hydrogen-bond donors (Lipinski definition) is 1. The van der Waals surface area contributed by atoms with Crippen LogP contribution < -0.4 is 5.32 Å².